The molecule has 0 aliphatic heterocycles. The highest BCUT2D eigenvalue weighted by Gasteiger charge is 2.09. The molecule has 1 aromatic rings. The van der Waals surface area contributed by atoms with Gasteiger partial charge in [0.05, 0.1) is 11.6 Å². The fourth-order valence-electron chi connectivity index (χ4n) is 2.04. The predicted molar refractivity (Wildman–Crippen MR) is 86.0 cm³/mol. The second kappa shape index (κ2) is 7.99. The van der Waals surface area contributed by atoms with Crippen LogP contribution in [0.4, 0.5) is 4.39 Å². The van der Waals surface area contributed by atoms with E-state index >= 15 is 0 Å². The molecule has 0 fully saturated rings. The number of aryl methyl sites for hydroxylation is 1. The Morgan fingerprint density at radius 1 is 1.20 bits per heavy atom. The Morgan fingerprint density at radius 3 is 2.50 bits per heavy atom. The van der Waals surface area contributed by atoms with Gasteiger partial charge in [-0.25, -0.2) is 4.39 Å². The summed E-state index contributed by atoms with van der Waals surface area (Å²) in [6.45, 7) is 7.56. The summed E-state index contributed by atoms with van der Waals surface area (Å²) in [5.41, 5.74) is 1.25. The molecule has 1 rings (SSSR count). The number of rotatable bonds is 7. The fraction of sp³-hybridized carbons (Fsp3) is 0.625. The average Bonchev–Trinajstić information content (AvgIpc) is 2.36. The van der Waals surface area contributed by atoms with Gasteiger partial charge in [0.25, 0.3) is 0 Å². The summed E-state index contributed by atoms with van der Waals surface area (Å²) in [4.78, 5) is 0. The number of halogens is 2. The molecule has 1 N–H and O–H groups in total. The second-order valence-electron chi connectivity index (χ2n) is 6.07. The van der Waals surface area contributed by atoms with Crippen LogP contribution in [0.15, 0.2) is 16.6 Å². The van der Waals surface area contributed by atoms with Crippen LogP contribution in [0.2, 0.25) is 0 Å². The number of hydrogen-bond donors (Lipinski definition) is 1. The third-order valence-electron chi connectivity index (χ3n) is 3.10. The summed E-state index contributed by atoms with van der Waals surface area (Å²) in [6, 6.07) is 3.27. The van der Waals surface area contributed by atoms with Crippen LogP contribution in [0.5, 0.6) is 5.75 Å². The van der Waals surface area contributed by atoms with Gasteiger partial charge in [-0.15, -0.1) is 0 Å². The average molecular weight is 346 g/mol. The normalized spacial score (nSPS) is 11.7. The third-order valence-corrected chi connectivity index (χ3v) is 3.71. The van der Waals surface area contributed by atoms with E-state index in [4.69, 9.17) is 4.74 Å². The third kappa shape index (κ3) is 6.23. The van der Waals surface area contributed by atoms with Crippen LogP contribution < -0.4 is 10.1 Å². The molecule has 0 saturated heterocycles. The molecule has 2 nitrogen and oxygen atoms in total. The van der Waals surface area contributed by atoms with Crippen molar-refractivity contribution in [3.8, 4) is 5.75 Å². The van der Waals surface area contributed by atoms with Gasteiger partial charge in [-0.3, -0.25) is 0 Å². The van der Waals surface area contributed by atoms with Crippen molar-refractivity contribution < 1.29 is 9.13 Å². The molecular formula is C16H25BrFNO. The van der Waals surface area contributed by atoms with Crippen molar-refractivity contribution in [2.75, 3.05) is 13.7 Å². The maximum absolute atomic E-state index is 13.4. The van der Waals surface area contributed by atoms with Gasteiger partial charge in [-0.1, -0.05) is 6.42 Å². The summed E-state index contributed by atoms with van der Waals surface area (Å²) in [5, 5.41) is 3.48. The van der Waals surface area contributed by atoms with Crippen molar-refractivity contribution >= 4 is 15.9 Å². The molecule has 0 spiro atoms. The standard InChI is InChI=1S/C16H25BrFNO/c1-16(2,3)19-9-7-5-6-8-12-10-13(17)14(18)11-15(12)20-4/h10-11,19H,5-9H2,1-4H3. The van der Waals surface area contributed by atoms with Gasteiger partial charge in [0, 0.05) is 11.6 Å². The molecule has 0 saturated carbocycles. The summed E-state index contributed by atoms with van der Waals surface area (Å²) in [5.74, 6) is 0.360. The molecule has 0 amide bonds. The summed E-state index contributed by atoms with van der Waals surface area (Å²) >= 11 is 3.22. The first kappa shape index (κ1) is 17.4. The zero-order valence-electron chi connectivity index (χ0n) is 12.9. The molecule has 114 valence electrons. The maximum Gasteiger partial charge on any atom is 0.141 e. The Morgan fingerprint density at radius 2 is 1.90 bits per heavy atom. The molecule has 1 aromatic carbocycles. The second-order valence-corrected chi connectivity index (χ2v) is 6.92. The summed E-state index contributed by atoms with van der Waals surface area (Å²) in [6.07, 6.45) is 4.31. The number of ether oxygens (including phenoxy) is 1. The Balaban J connectivity index is 2.37. The van der Waals surface area contributed by atoms with E-state index in [0.29, 0.717) is 10.2 Å². The highest BCUT2D eigenvalue weighted by Crippen LogP contribution is 2.27. The molecule has 4 heteroatoms. The topological polar surface area (TPSA) is 21.3 Å². The molecular weight excluding hydrogens is 321 g/mol. The lowest BCUT2D eigenvalue weighted by Gasteiger charge is -2.20. The maximum atomic E-state index is 13.4. The van der Waals surface area contributed by atoms with Crippen LogP contribution in [0.25, 0.3) is 0 Å². The Labute approximate surface area is 130 Å². The number of hydrogen-bond acceptors (Lipinski definition) is 2. The zero-order chi connectivity index (χ0) is 15.2. The number of methoxy groups -OCH3 is 1. The predicted octanol–water partition coefficient (Wildman–Crippen LogP) is 4.70. The minimum atomic E-state index is -0.278. The van der Waals surface area contributed by atoms with E-state index in [0.717, 1.165) is 37.8 Å². The highest BCUT2D eigenvalue weighted by atomic mass is 79.9. The smallest absolute Gasteiger partial charge is 0.141 e. The first-order chi connectivity index (χ1) is 9.33. The number of benzene rings is 1. The van der Waals surface area contributed by atoms with E-state index in [1.165, 1.54) is 6.07 Å². The van der Waals surface area contributed by atoms with Crippen LogP contribution in [-0.4, -0.2) is 19.2 Å². The van der Waals surface area contributed by atoms with Crippen LogP contribution in [-0.2, 0) is 6.42 Å². The van der Waals surface area contributed by atoms with E-state index in [9.17, 15) is 4.39 Å². The lowest BCUT2D eigenvalue weighted by Crippen LogP contribution is -2.36. The van der Waals surface area contributed by atoms with Crippen LogP contribution >= 0.6 is 15.9 Å². The van der Waals surface area contributed by atoms with Crippen molar-refractivity contribution in [1.82, 2.24) is 5.32 Å². The quantitative estimate of drug-likeness (QED) is 0.723. The lowest BCUT2D eigenvalue weighted by atomic mass is 10.0. The van der Waals surface area contributed by atoms with Gasteiger partial charge in [0.2, 0.25) is 0 Å². The molecule has 0 heterocycles. The van der Waals surface area contributed by atoms with Crippen LogP contribution in [0.1, 0.15) is 45.6 Å². The summed E-state index contributed by atoms with van der Waals surface area (Å²) < 4.78 is 19.1. The Kier molecular flexibility index (Phi) is 6.96. The first-order valence-corrected chi connectivity index (χ1v) is 7.90. The lowest BCUT2D eigenvalue weighted by molar-refractivity contribution is 0.403. The monoisotopic (exact) mass is 345 g/mol. The molecule has 0 bridgehead atoms. The van der Waals surface area contributed by atoms with Gasteiger partial charge >= 0.3 is 0 Å². The van der Waals surface area contributed by atoms with E-state index in [-0.39, 0.29) is 11.4 Å². The zero-order valence-corrected chi connectivity index (χ0v) is 14.4. The van der Waals surface area contributed by atoms with Crippen molar-refractivity contribution in [2.24, 2.45) is 0 Å². The fourth-order valence-corrected chi connectivity index (χ4v) is 2.43. The molecule has 0 aromatic heterocycles. The van der Waals surface area contributed by atoms with Crippen LogP contribution in [0.3, 0.4) is 0 Å². The summed E-state index contributed by atoms with van der Waals surface area (Å²) in [7, 11) is 1.58. The number of unbranched alkanes of at least 4 members (excludes halogenated alkanes) is 2. The van der Waals surface area contributed by atoms with Gasteiger partial charge in [-0.05, 0) is 74.1 Å². The van der Waals surface area contributed by atoms with E-state index in [2.05, 4.69) is 42.0 Å². The molecule has 20 heavy (non-hydrogen) atoms. The Hall–Kier alpha value is -0.610. The van der Waals surface area contributed by atoms with Gasteiger partial charge in [-0.2, -0.15) is 0 Å². The van der Waals surface area contributed by atoms with Crippen molar-refractivity contribution in [3.05, 3.63) is 28.0 Å². The SMILES string of the molecule is COc1cc(F)c(Br)cc1CCCCCNC(C)(C)C. The highest BCUT2D eigenvalue weighted by molar-refractivity contribution is 9.10. The molecule has 0 atom stereocenters. The van der Waals surface area contributed by atoms with Crippen molar-refractivity contribution in [2.45, 2.75) is 52.0 Å². The van der Waals surface area contributed by atoms with Gasteiger partial charge < -0.3 is 10.1 Å². The molecule has 0 aliphatic rings. The molecule has 0 radical (unpaired) electrons. The van der Waals surface area contributed by atoms with E-state index in [1.807, 2.05) is 6.07 Å². The first-order valence-electron chi connectivity index (χ1n) is 7.10. The minimum Gasteiger partial charge on any atom is -0.496 e. The van der Waals surface area contributed by atoms with E-state index < -0.39 is 0 Å². The van der Waals surface area contributed by atoms with Gasteiger partial charge in [0.15, 0.2) is 0 Å². The largest absolute Gasteiger partial charge is 0.496 e. The molecule has 0 unspecified atom stereocenters. The minimum absolute atomic E-state index is 0.186. The van der Waals surface area contributed by atoms with Gasteiger partial charge in [0.1, 0.15) is 11.6 Å². The van der Waals surface area contributed by atoms with Crippen molar-refractivity contribution in [3.63, 3.8) is 0 Å². The number of nitrogens with one attached hydrogen (secondary N) is 1. The van der Waals surface area contributed by atoms with Crippen LogP contribution in [0, 0.1) is 5.82 Å². The molecule has 0 aliphatic carbocycles. The van der Waals surface area contributed by atoms with E-state index in [1.54, 1.807) is 7.11 Å². The Bertz CT molecular complexity index is 429. The van der Waals surface area contributed by atoms with Crippen molar-refractivity contribution in [1.29, 1.82) is 0 Å².